The molecule has 0 amide bonds. The van der Waals surface area contributed by atoms with Crippen molar-refractivity contribution in [1.82, 2.24) is 0 Å². The largest absolute Gasteiger partial charge is 0.478 e. The summed E-state index contributed by atoms with van der Waals surface area (Å²) in [5, 5.41) is 11.6. The fourth-order valence-corrected chi connectivity index (χ4v) is 1.27. The number of benzene rings is 1. The van der Waals surface area contributed by atoms with Gasteiger partial charge in [0.15, 0.2) is 0 Å². The minimum absolute atomic E-state index is 0.00898. The Balaban J connectivity index is 2.73. The van der Waals surface area contributed by atoms with Gasteiger partial charge in [0.1, 0.15) is 5.82 Å². The second-order valence-corrected chi connectivity index (χ2v) is 3.09. The fourth-order valence-electron chi connectivity index (χ4n) is 1.27. The molecule has 0 aliphatic heterocycles. The molecule has 16 heavy (non-hydrogen) atoms. The summed E-state index contributed by atoms with van der Waals surface area (Å²) in [6, 6.07) is 3.94. The predicted octanol–water partition coefficient (Wildman–Crippen LogP) is 1.97. The highest BCUT2D eigenvalue weighted by molar-refractivity contribution is 5.94. The molecule has 0 heterocycles. The van der Waals surface area contributed by atoms with Crippen molar-refractivity contribution in [2.45, 2.75) is 6.92 Å². The summed E-state index contributed by atoms with van der Waals surface area (Å²) in [4.78, 5) is 10.8. The number of anilines is 1. The molecule has 0 fully saturated rings. The van der Waals surface area contributed by atoms with Gasteiger partial charge in [0, 0.05) is 13.2 Å². The van der Waals surface area contributed by atoms with E-state index in [2.05, 4.69) is 5.32 Å². The molecule has 4 nitrogen and oxygen atoms in total. The number of nitrogens with one attached hydrogen (secondary N) is 1. The van der Waals surface area contributed by atoms with Crippen molar-refractivity contribution in [2.75, 3.05) is 25.1 Å². The molecule has 0 aliphatic carbocycles. The number of rotatable bonds is 6. The third-order valence-electron chi connectivity index (χ3n) is 2.00. The number of aromatic carboxylic acids is 1. The van der Waals surface area contributed by atoms with Crippen LogP contribution in [0.15, 0.2) is 18.2 Å². The molecule has 0 unspecified atom stereocenters. The number of carboxylic acids is 1. The molecule has 0 aliphatic rings. The second-order valence-electron chi connectivity index (χ2n) is 3.09. The molecule has 0 atom stereocenters. The first-order valence-electron chi connectivity index (χ1n) is 5.00. The zero-order valence-corrected chi connectivity index (χ0v) is 9.00. The number of hydrogen-bond donors (Lipinski definition) is 2. The van der Waals surface area contributed by atoms with Crippen LogP contribution in [0.5, 0.6) is 0 Å². The van der Waals surface area contributed by atoms with E-state index < -0.39 is 11.8 Å². The Labute approximate surface area is 93.0 Å². The van der Waals surface area contributed by atoms with E-state index in [9.17, 15) is 9.18 Å². The third-order valence-corrected chi connectivity index (χ3v) is 2.00. The molecule has 0 bridgehead atoms. The molecule has 0 spiro atoms. The highest BCUT2D eigenvalue weighted by atomic mass is 19.1. The Morgan fingerprint density at radius 1 is 1.56 bits per heavy atom. The summed E-state index contributed by atoms with van der Waals surface area (Å²) in [6.07, 6.45) is 0. The molecule has 2 N–H and O–H groups in total. The molecule has 0 aromatic heterocycles. The van der Waals surface area contributed by atoms with Crippen LogP contribution in [0.4, 0.5) is 10.1 Å². The van der Waals surface area contributed by atoms with Crippen LogP contribution in [0.25, 0.3) is 0 Å². The predicted molar refractivity (Wildman–Crippen MR) is 58.3 cm³/mol. The lowest BCUT2D eigenvalue weighted by molar-refractivity contribution is 0.0697. The maximum Gasteiger partial charge on any atom is 0.337 e. The van der Waals surface area contributed by atoms with Gasteiger partial charge in [0.2, 0.25) is 0 Å². The van der Waals surface area contributed by atoms with Gasteiger partial charge >= 0.3 is 5.97 Å². The molecule has 0 saturated heterocycles. The molecule has 1 rings (SSSR count). The first kappa shape index (κ1) is 12.4. The van der Waals surface area contributed by atoms with Gasteiger partial charge in [0.05, 0.1) is 17.9 Å². The van der Waals surface area contributed by atoms with Gasteiger partial charge in [0.25, 0.3) is 0 Å². The molecular formula is C11H14FNO3. The second kappa shape index (κ2) is 6.07. The van der Waals surface area contributed by atoms with Gasteiger partial charge in [-0.2, -0.15) is 0 Å². The topological polar surface area (TPSA) is 58.6 Å². The maximum absolute atomic E-state index is 13.4. The van der Waals surface area contributed by atoms with E-state index in [4.69, 9.17) is 9.84 Å². The van der Waals surface area contributed by atoms with E-state index in [0.29, 0.717) is 19.8 Å². The van der Waals surface area contributed by atoms with Gasteiger partial charge < -0.3 is 15.2 Å². The quantitative estimate of drug-likeness (QED) is 0.729. The van der Waals surface area contributed by atoms with Crippen molar-refractivity contribution in [3.05, 3.63) is 29.6 Å². The van der Waals surface area contributed by atoms with Crippen molar-refractivity contribution in [3.63, 3.8) is 0 Å². The van der Waals surface area contributed by atoms with Crippen LogP contribution in [0.1, 0.15) is 17.3 Å². The summed E-state index contributed by atoms with van der Waals surface area (Å²) >= 11 is 0. The highest BCUT2D eigenvalue weighted by Crippen LogP contribution is 2.19. The Morgan fingerprint density at radius 3 is 2.94 bits per heavy atom. The maximum atomic E-state index is 13.4. The van der Waals surface area contributed by atoms with E-state index in [0.717, 1.165) is 0 Å². The zero-order valence-electron chi connectivity index (χ0n) is 9.00. The summed E-state index contributed by atoms with van der Waals surface area (Å²) in [5.74, 6) is -1.73. The average Bonchev–Trinajstić information content (AvgIpc) is 2.25. The van der Waals surface area contributed by atoms with Gasteiger partial charge in [-0.3, -0.25) is 0 Å². The van der Waals surface area contributed by atoms with Gasteiger partial charge in [-0.15, -0.1) is 0 Å². The van der Waals surface area contributed by atoms with E-state index in [1.807, 2.05) is 6.92 Å². The Bertz CT molecular complexity index is 368. The smallest absolute Gasteiger partial charge is 0.337 e. The van der Waals surface area contributed by atoms with E-state index in [1.54, 1.807) is 0 Å². The molecule has 5 heteroatoms. The van der Waals surface area contributed by atoms with E-state index in [1.165, 1.54) is 18.2 Å². The minimum atomic E-state index is -1.15. The lowest BCUT2D eigenvalue weighted by atomic mass is 10.1. The molecular weight excluding hydrogens is 213 g/mol. The normalized spacial score (nSPS) is 10.1. The van der Waals surface area contributed by atoms with Crippen molar-refractivity contribution in [3.8, 4) is 0 Å². The van der Waals surface area contributed by atoms with Crippen molar-refractivity contribution in [1.29, 1.82) is 0 Å². The van der Waals surface area contributed by atoms with Crippen LogP contribution >= 0.6 is 0 Å². The van der Waals surface area contributed by atoms with Crippen LogP contribution in [-0.4, -0.2) is 30.8 Å². The van der Waals surface area contributed by atoms with Gasteiger partial charge in [-0.05, 0) is 19.1 Å². The first-order valence-corrected chi connectivity index (χ1v) is 5.00. The Morgan fingerprint density at radius 2 is 2.31 bits per heavy atom. The summed E-state index contributed by atoms with van der Waals surface area (Å²) < 4.78 is 18.4. The number of para-hydroxylation sites is 1. The SMILES string of the molecule is CCOCCNc1c(F)cccc1C(=O)O. The van der Waals surface area contributed by atoms with Gasteiger partial charge in [-0.25, -0.2) is 9.18 Å². The molecule has 0 radical (unpaired) electrons. The van der Waals surface area contributed by atoms with Crippen LogP contribution in [0.3, 0.4) is 0 Å². The number of hydrogen-bond acceptors (Lipinski definition) is 3. The number of halogens is 1. The van der Waals surface area contributed by atoms with Gasteiger partial charge in [-0.1, -0.05) is 6.07 Å². The van der Waals surface area contributed by atoms with Crippen LogP contribution in [0.2, 0.25) is 0 Å². The first-order chi connectivity index (χ1) is 7.66. The fraction of sp³-hybridized carbons (Fsp3) is 0.364. The standard InChI is InChI=1S/C11H14FNO3/c1-2-16-7-6-13-10-8(11(14)15)4-3-5-9(10)12/h3-5,13H,2,6-7H2,1H3,(H,14,15). The van der Waals surface area contributed by atoms with Crippen LogP contribution < -0.4 is 5.32 Å². The minimum Gasteiger partial charge on any atom is -0.478 e. The monoisotopic (exact) mass is 227 g/mol. The number of ether oxygens (including phenoxy) is 1. The molecule has 1 aromatic rings. The summed E-state index contributed by atoms with van der Waals surface area (Å²) in [7, 11) is 0. The van der Waals surface area contributed by atoms with Crippen LogP contribution in [-0.2, 0) is 4.74 Å². The highest BCUT2D eigenvalue weighted by Gasteiger charge is 2.13. The third kappa shape index (κ3) is 3.20. The lowest BCUT2D eigenvalue weighted by Gasteiger charge is -2.10. The van der Waals surface area contributed by atoms with Crippen molar-refractivity contribution in [2.24, 2.45) is 0 Å². The zero-order chi connectivity index (χ0) is 12.0. The van der Waals surface area contributed by atoms with Crippen LogP contribution in [0, 0.1) is 5.82 Å². The number of carboxylic acid groups (broad SMARTS) is 1. The van der Waals surface area contributed by atoms with E-state index >= 15 is 0 Å². The van der Waals surface area contributed by atoms with E-state index in [-0.39, 0.29) is 11.3 Å². The van der Waals surface area contributed by atoms with Crippen molar-refractivity contribution >= 4 is 11.7 Å². The summed E-state index contributed by atoms with van der Waals surface area (Å²) in [6.45, 7) is 3.20. The molecule has 0 saturated carbocycles. The average molecular weight is 227 g/mol. The Kier molecular flexibility index (Phi) is 4.72. The molecule has 1 aromatic carbocycles. The lowest BCUT2D eigenvalue weighted by Crippen LogP contribution is -2.13. The Hall–Kier alpha value is -1.62. The molecule has 88 valence electrons. The summed E-state index contributed by atoms with van der Waals surface area (Å²) in [5.41, 5.74) is -0.0637. The number of carbonyl (C=O) groups is 1. The van der Waals surface area contributed by atoms with Crippen molar-refractivity contribution < 1.29 is 19.0 Å².